The van der Waals surface area contributed by atoms with Gasteiger partial charge in [0.15, 0.2) is 6.10 Å². The zero-order valence-corrected chi connectivity index (χ0v) is 17.7. The van der Waals surface area contributed by atoms with Crippen LogP contribution in [0.4, 0.5) is 11.4 Å². The molecule has 0 aliphatic heterocycles. The van der Waals surface area contributed by atoms with Crippen LogP contribution in [0.3, 0.4) is 0 Å². The molecule has 6 nitrogen and oxygen atoms in total. The van der Waals surface area contributed by atoms with Crippen LogP contribution in [0.25, 0.3) is 11.1 Å². The fourth-order valence-electron chi connectivity index (χ4n) is 3.26. The van der Waals surface area contributed by atoms with E-state index in [0.29, 0.717) is 16.9 Å². The number of hydrogen-bond donors (Lipinski definition) is 2. The van der Waals surface area contributed by atoms with Gasteiger partial charge in [0, 0.05) is 22.9 Å². The zero-order valence-electron chi connectivity index (χ0n) is 17.7. The van der Waals surface area contributed by atoms with Gasteiger partial charge in [0.05, 0.1) is 5.56 Å². The maximum absolute atomic E-state index is 12.7. The Morgan fingerprint density at radius 2 is 1.50 bits per heavy atom. The molecular weight excluding hydrogens is 404 g/mol. The molecule has 4 rings (SSSR count). The second-order valence-electron chi connectivity index (χ2n) is 7.79. The third kappa shape index (κ3) is 5.21. The van der Waals surface area contributed by atoms with Crippen molar-refractivity contribution in [3.05, 3.63) is 84.4 Å². The van der Waals surface area contributed by atoms with Crippen LogP contribution in [0.15, 0.2) is 78.9 Å². The molecule has 0 heterocycles. The standard InChI is InChI=1S/C26H24N2O4/c1-17(24(29)28-23-10-6-5-9-22(23)18-7-3-2-4-8-18)32-26(31)20-13-15-21(16-14-20)27-25(30)19-11-12-19/h2-10,13-17,19H,11-12H2,1H3,(H,27,30)(H,28,29). The second kappa shape index (κ2) is 9.47. The van der Waals surface area contributed by atoms with Crippen LogP contribution in [0.5, 0.6) is 0 Å². The fraction of sp³-hybridized carbons (Fsp3) is 0.192. The lowest BCUT2D eigenvalue weighted by Gasteiger charge is -2.16. The van der Waals surface area contributed by atoms with E-state index >= 15 is 0 Å². The van der Waals surface area contributed by atoms with Crippen molar-refractivity contribution >= 4 is 29.2 Å². The van der Waals surface area contributed by atoms with Crippen molar-refractivity contribution in [1.29, 1.82) is 0 Å². The van der Waals surface area contributed by atoms with Gasteiger partial charge in [-0.05, 0) is 55.7 Å². The van der Waals surface area contributed by atoms with Gasteiger partial charge in [-0.3, -0.25) is 9.59 Å². The molecule has 0 bridgehead atoms. The van der Waals surface area contributed by atoms with E-state index < -0.39 is 18.0 Å². The van der Waals surface area contributed by atoms with Gasteiger partial charge in [-0.15, -0.1) is 0 Å². The minimum absolute atomic E-state index is 0.00130. The van der Waals surface area contributed by atoms with Gasteiger partial charge in [-0.1, -0.05) is 48.5 Å². The average Bonchev–Trinajstić information content (AvgIpc) is 3.66. The summed E-state index contributed by atoms with van der Waals surface area (Å²) in [7, 11) is 0. The zero-order chi connectivity index (χ0) is 22.5. The number of amides is 2. The Morgan fingerprint density at radius 3 is 2.19 bits per heavy atom. The van der Waals surface area contributed by atoms with E-state index in [9.17, 15) is 14.4 Å². The number of hydrogen-bond acceptors (Lipinski definition) is 4. The molecule has 1 atom stereocenters. The lowest BCUT2D eigenvalue weighted by molar-refractivity contribution is -0.123. The topological polar surface area (TPSA) is 84.5 Å². The van der Waals surface area contributed by atoms with Crippen molar-refractivity contribution in [1.82, 2.24) is 0 Å². The first-order valence-electron chi connectivity index (χ1n) is 10.6. The number of nitrogens with one attached hydrogen (secondary N) is 2. The molecule has 1 unspecified atom stereocenters. The molecule has 162 valence electrons. The number of ether oxygens (including phenoxy) is 1. The summed E-state index contributed by atoms with van der Waals surface area (Å²) in [5.74, 6) is -0.924. The van der Waals surface area contributed by atoms with Crippen LogP contribution in [0.2, 0.25) is 0 Å². The average molecular weight is 428 g/mol. The van der Waals surface area contributed by atoms with E-state index in [4.69, 9.17) is 4.74 Å². The van der Waals surface area contributed by atoms with Crippen molar-refractivity contribution in [3.63, 3.8) is 0 Å². The van der Waals surface area contributed by atoms with E-state index in [1.807, 2.05) is 54.6 Å². The van der Waals surface area contributed by atoms with Gasteiger partial charge in [-0.2, -0.15) is 0 Å². The van der Waals surface area contributed by atoms with E-state index in [-0.39, 0.29) is 11.8 Å². The van der Waals surface area contributed by atoms with Crippen LogP contribution in [-0.2, 0) is 14.3 Å². The largest absolute Gasteiger partial charge is 0.449 e. The SMILES string of the molecule is CC(OC(=O)c1ccc(NC(=O)C2CC2)cc1)C(=O)Nc1ccccc1-c1ccccc1. The normalized spacial score (nSPS) is 13.7. The van der Waals surface area contributed by atoms with Gasteiger partial charge in [0.2, 0.25) is 5.91 Å². The Kier molecular flexibility index (Phi) is 6.31. The summed E-state index contributed by atoms with van der Waals surface area (Å²) in [6.07, 6.45) is 0.860. The Labute approximate surface area is 186 Å². The quantitative estimate of drug-likeness (QED) is 0.525. The number of para-hydroxylation sites is 1. The smallest absolute Gasteiger partial charge is 0.338 e. The number of carbonyl (C=O) groups is 3. The highest BCUT2D eigenvalue weighted by atomic mass is 16.5. The molecule has 1 aliphatic carbocycles. The Hall–Kier alpha value is -3.93. The van der Waals surface area contributed by atoms with Crippen molar-refractivity contribution < 1.29 is 19.1 Å². The van der Waals surface area contributed by atoms with Gasteiger partial charge < -0.3 is 15.4 Å². The first kappa shape index (κ1) is 21.3. The van der Waals surface area contributed by atoms with Crippen molar-refractivity contribution in [2.45, 2.75) is 25.9 Å². The Morgan fingerprint density at radius 1 is 0.844 bits per heavy atom. The molecule has 32 heavy (non-hydrogen) atoms. The minimum atomic E-state index is -0.986. The molecule has 2 N–H and O–H groups in total. The predicted octanol–water partition coefficient (Wildman–Crippen LogP) is 4.89. The lowest BCUT2D eigenvalue weighted by atomic mass is 10.0. The van der Waals surface area contributed by atoms with Gasteiger partial charge in [-0.25, -0.2) is 4.79 Å². The summed E-state index contributed by atoms with van der Waals surface area (Å²) in [6, 6.07) is 23.6. The van der Waals surface area contributed by atoms with E-state index in [1.165, 1.54) is 6.92 Å². The lowest BCUT2D eigenvalue weighted by Crippen LogP contribution is -2.30. The number of carbonyl (C=O) groups excluding carboxylic acids is 3. The molecule has 6 heteroatoms. The van der Waals surface area contributed by atoms with Gasteiger partial charge in [0.1, 0.15) is 0 Å². The van der Waals surface area contributed by atoms with E-state index in [0.717, 1.165) is 24.0 Å². The Bertz CT molecular complexity index is 1120. The van der Waals surface area contributed by atoms with Crippen LogP contribution in [-0.4, -0.2) is 23.9 Å². The number of esters is 1. The molecule has 0 spiro atoms. The van der Waals surface area contributed by atoms with Crippen molar-refractivity contribution in [2.24, 2.45) is 5.92 Å². The monoisotopic (exact) mass is 428 g/mol. The maximum Gasteiger partial charge on any atom is 0.338 e. The summed E-state index contributed by atoms with van der Waals surface area (Å²) in [4.78, 5) is 37.0. The third-order valence-corrected chi connectivity index (χ3v) is 5.26. The van der Waals surface area contributed by atoms with Crippen LogP contribution in [0.1, 0.15) is 30.1 Å². The van der Waals surface area contributed by atoms with Crippen LogP contribution < -0.4 is 10.6 Å². The Balaban J connectivity index is 1.37. The molecule has 1 saturated carbocycles. The highest BCUT2D eigenvalue weighted by molar-refractivity contribution is 6.00. The second-order valence-corrected chi connectivity index (χ2v) is 7.79. The summed E-state index contributed by atoms with van der Waals surface area (Å²) < 4.78 is 5.35. The summed E-state index contributed by atoms with van der Waals surface area (Å²) in [6.45, 7) is 1.53. The summed E-state index contributed by atoms with van der Waals surface area (Å²) >= 11 is 0. The van der Waals surface area contributed by atoms with E-state index in [1.54, 1.807) is 24.3 Å². The number of anilines is 2. The first-order chi connectivity index (χ1) is 15.5. The third-order valence-electron chi connectivity index (χ3n) is 5.26. The highest BCUT2D eigenvalue weighted by Crippen LogP contribution is 2.30. The summed E-state index contributed by atoms with van der Waals surface area (Å²) in [5, 5.41) is 5.67. The molecule has 0 aromatic heterocycles. The minimum Gasteiger partial charge on any atom is -0.449 e. The first-order valence-corrected chi connectivity index (χ1v) is 10.6. The molecule has 0 radical (unpaired) electrons. The summed E-state index contributed by atoms with van der Waals surface area (Å²) in [5.41, 5.74) is 3.42. The molecule has 2 amide bonds. The van der Waals surface area contributed by atoms with Gasteiger partial charge >= 0.3 is 5.97 Å². The van der Waals surface area contributed by atoms with Gasteiger partial charge in [0.25, 0.3) is 5.91 Å². The molecule has 0 saturated heterocycles. The maximum atomic E-state index is 12.7. The van der Waals surface area contributed by atoms with Crippen LogP contribution >= 0.6 is 0 Å². The fourth-order valence-corrected chi connectivity index (χ4v) is 3.26. The van der Waals surface area contributed by atoms with E-state index in [2.05, 4.69) is 10.6 Å². The molecule has 3 aromatic carbocycles. The van der Waals surface area contributed by atoms with Crippen molar-refractivity contribution in [3.8, 4) is 11.1 Å². The predicted molar refractivity (Wildman–Crippen MR) is 123 cm³/mol. The molecule has 3 aromatic rings. The van der Waals surface area contributed by atoms with Crippen LogP contribution in [0, 0.1) is 5.92 Å². The molecule has 1 aliphatic rings. The highest BCUT2D eigenvalue weighted by Gasteiger charge is 2.29. The van der Waals surface area contributed by atoms with Crippen molar-refractivity contribution in [2.75, 3.05) is 10.6 Å². The number of benzene rings is 3. The number of rotatable bonds is 7. The molecular formula is C26H24N2O4. The molecule has 1 fully saturated rings.